The van der Waals surface area contributed by atoms with Gasteiger partial charge in [0.1, 0.15) is 60.6 Å². The average Bonchev–Trinajstić information content (AvgIpc) is 3.94. The Labute approximate surface area is 387 Å². The van der Waals surface area contributed by atoms with Crippen LogP contribution in [0.4, 0.5) is 16.3 Å². The van der Waals surface area contributed by atoms with E-state index < -0.39 is 96.9 Å². The van der Waals surface area contributed by atoms with Crippen LogP contribution >= 0.6 is 0 Å². The third-order valence-corrected chi connectivity index (χ3v) is 10.8. The van der Waals surface area contributed by atoms with Gasteiger partial charge < -0.3 is 66.4 Å². The van der Waals surface area contributed by atoms with Gasteiger partial charge in [0, 0.05) is 37.2 Å². The quantitative estimate of drug-likeness (QED) is 0.0377. The Kier molecular flexibility index (Phi) is 16.5. The fraction of sp³-hybridized carbons (Fsp3) is 0.364. The molecule has 1 saturated heterocycles. The third-order valence-electron chi connectivity index (χ3n) is 10.8. The number of imidazole rings is 1. The minimum atomic E-state index is -1.67. The highest BCUT2D eigenvalue weighted by molar-refractivity contribution is 6.13. The van der Waals surface area contributed by atoms with E-state index in [0.717, 1.165) is 17.1 Å². The van der Waals surface area contributed by atoms with Crippen molar-refractivity contribution < 1.29 is 63.1 Å². The molecule has 24 nitrogen and oxygen atoms in total. The molecule has 68 heavy (non-hydrogen) atoms. The van der Waals surface area contributed by atoms with Gasteiger partial charge in [0.05, 0.1) is 26.1 Å². The Bertz CT molecular complexity index is 2520. The second-order valence-corrected chi connectivity index (χ2v) is 15.8. The molecule has 4 heterocycles. The molecule has 2 aliphatic rings. The van der Waals surface area contributed by atoms with Crippen molar-refractivity contribution in [3.8, 4) is 5.75 Å². The second-order valence-electron chi connectivity index (χ2n) is 15.8. The first kappa shape index (κ1) is 49.6. The fourth-order valence-corrected chi connectivity index (χ4v) is 7.04. The number of anilines is 2. The lowest BCUT2D eigenvalue weighted by atomic mass is 9.94. The molecule has 1 fully saturated rings. The van der Waals surface area contributed by atoms with E-state index in [1.165, 1.54) is 45.7 Å². The minimum absolute atomic E-state index is 0.0575. The summed E-state index contributed by atoms with van der Waals surface area (Å²) in [4.78, 5) is 105. The maximum Gasteiger partial charge on any atom is 0.408 e. The normalized spacial score (nSPS) is 20.1. The Morgan fingerprint density at radius 1 is 0.897 bits per heavy atom. The number of nitrogens with one attached hydrogen (secondary N) is 7. The summed E-state index contributed by atoms with van der Waals surface area (Å²) in [6.45, 7) is 5.55. The van der Waals surface area contributed by atoms with Crippen LogP contribution in [0.1, 0.15) is 31.4 Å². The number of imide groups is 1. The maximum atomic E-state index is 13.9. The highest BCUT2D eigenvalue weighted by atomic mass is 16.6. The lowest BCUT2D eigenvalue weighted by Crippen LogP contribution is -2.67. The van der Waals surface area contributed by atoms with Crippen LogP contribution in [0.25, 0.3) is 11.2 Å². The number of rotatable bonds is 20. The Morgan fingerprint density at radius 2 is 1.59 bits per heavy atom. The third kappa shape index (κ3) is 12.5. The van der Waals surface area contributed by atoms with Crippen LogP contribution in [0, 0.1) is 0 Å². The van der Waals surface area contributed by atoms with Gasteiger partial charge in [0.2, 0.25) is 23.6 Å². The molecule has 0 aliphatic carbocycles. The SMILES string of the molecule is C=C(C)[C@H](NC(=O)CCN1C(=O)C=CC1=O)C(=O)N[C@@H](C)C(=O)Nc1ccc(COC(=O)N[C@@H](Cc2ccc(OC)cc2)C(=O)N[C@@H]2[C@@H](O)[C@H](O)[C@@H](Nc3ncnc4nc[nH]c34)O[C@H]2CO)cc1. The summed E-state index contributed by atoms with van der Waals surface area (Å²) in [5, 5.41) is 48.3. The number of hydrogen-bond donors (Lipinski definition) is 10. The predicted molar refractivity (Wildman–Crippen MR) is 239 cm³/mol. The largest absolute Gasteiger partial charge is 0.497 e. The average molecular weight is 942 g/mol. The van der Waals surface area contributed by atoms with Gasteiger partial charge in [-0.25, -0.2) is 19.7 Å². The lowest BCUT2D eigenvalue weighted by molar-refractivity contribution is -0.185. The first-order chi connectivity index (χ1) is 32.5. The summed E-state index contributed by atoms with van der Waals surface area (Å²) < 4.78 is 16.5. The molecule has 0 unspecified atom stereocenters. The maximum absolute atomic E-state index is 13.9. The van der Waals surface area contributed by atoms with E-state index in [4.69, 9.17) is 14.2 Å². The molecule has 2 aromatic heterocycles. The molecule has 2 aromatic carbocycles. The van der Waals surface area contributed by atoms with Gasteiger partial charge in [-0.05, 0) is 54.8 Å². The molecule has 24 heteroatoms. The highest BCUT2D eigenvalue weighted by Crippen LogP contribution is 2.25. The molecule has 8 atom stereocenters. The number of amides is 7. The van der Waals surface area contributed by atoms with Crippen LogP contribution in [-0.2, 0) is 51.3 Å². The van der Waals surface area contributed by atoms with E-state index in [0.29, 0.717) is 33.7 Å². The number of fused-ring (bicyclic) bond motifs is 1. The summed E-state index contributed by atoms with van der Waals surface area (Å²) >= 11 is 0. The van der Waals surface area contributed by atoms with Crippen LogP contribution in [0.2, 0.25) is 0 Å². The molecule has 0 radical (unpaired) electrons. The van der Waals surface area contributed by atoms with E-state index in [9.17, 15) is 48.9 Å². The first-order valence-electron chi connectivity index (χ1n) is 21.1. The monoisotopic (exact) mass is 941 g/mol. The topological polar surface area (TPSA) is 338 Å². The van der Waals surface area contributed by atoms with Crippen LogP contribution in [-0.4, -0.2) is 151 Å². The van der Waals surface area contributed by atoms with E-state index in [-0.39, 0.29) is 37.4 Å². The van der Waals surface area contributed by atoms with E-state index in [1.54, 1.807) is 36.4 Å². The fourth-order valence-electron chi connectivity index (χ4n) is 7.04. The number of aromatic amines is 1. The number of benzene rings is 2. The number of aromatic nitrogens is 4. The van der Waals surface area contributed by atoms with Gasteiger partial charge in [-0.3, -0.25) is 33.7 Å². The number of nitrogens with zero attached hydrogens (tertiary/aromatic N) is 4. The molecule has 0 saturated carbocycles. The zero-order chi connectivity index (χ0) is 49.1. The molecule has 6 rings (SSSR count). The number of ether oxygens (including phenoxy) is 3. The van der Waals surface area contributed by atoms with Crippen molar-refractivity contribution >= 4 is 64.2 Å². The number of carbonyl (C=O) groups is 7. The zero-order valence-electron chi connectivity index (χ0n) is 37.0. The number of alkyl carbamates (subject to hydrolysis) is 1. The Morgan fingerprint density at radius 3 is 2.25 bits per heavy atom. The predicted octanol–water partition coefficient (Wildman–Crippen LogP) is -0.946. The number of carbonyl (C=O) groups excluding carboxylic acids is 7. The highest BCUT2D eigenvalue weighted by Gasteiger charge is 2.46. The number of hydrogen-bond acceptors (Lipinski definition) is 17. The molecule has 10 N–H and O–H groups in total. The standard InChI is InChI=1S/C44H51N11O13/c1-22(2)33(52-30(57)15-16-55-31(58)13-14-32(55)59)42(64)49-23(3)40(62)50-26-9-5-25(6-10-26)19-67-44(65)51-28(17-24-7-11-27(66-4)12-8-24)41(63)53-34-29(18-56)68-43(37(61)36(34)60)54-39-35-38(46-20-45-35)47-21-48-39/h5-14,20-21,23,28-29,33-34,36-37,43,56,60-61H,1,15-19H2,2-4H3,(H,49,64)(H,50,62)(H,51,65)(H,52,57)(H,53,63)(H2,45,46,47,48,54)/t23-,28-,29-,33-,34-,36+,37-,43-/m0/s1. The van der Waals surface area contributed by atoms with Gasteiger partial charge >= 0.3 is 6.09 Å². The molecular weight excluding hydrogens is 891 g/mol. The Balaban J connectivity index is 1.01. The van der Waals surface area contributed by atoms with Crippen molar-refractivity contribution in [3.63, 3.8) is 0 Å². The van der Waals surface area contributed by atoms with Crippen molar-refractivity contribution in [2.45, 2.75) is 82.0 Å². The van der Waals surface area contributed by atoms with Crippen molar-refractivity contribution in [1.29, 1.82) is 0 Å². The number of H-pyrrole nitrogens is 1. The van der Waals surface area contributed by atoms with Crippen molar-refractivity contribution in [3.05, 3.63) is 96.6 Å². The number of aliphatic hydroxyl groups is 3. The number of aliphatic hydroxyl groups excluding tert-OH is 3. The molecule has 4 aromatic rings. The van der Waals surface area contributed by atoms with Crippen LogP contribution in [0.5, 0.6) is 5.75 Å². The van der Waals surface area contributed by atoms with E-state index >= 15 is 0 Å². The minimum Gasteiger partial charge on any atom is -0.497 e. The summed E-state index contributed by atoms with van der Waals surface area (Å²) in [6, 6.07) is 7.96. The summed E-state index contributed by atoms with van der Waals surface area (Å²) in [5.74, 6) is -3.08. The molecule has 2 aliphatic heterocycles. The smallest absolute Gasteiger partial charge is 0.408 e. The zero-order valence-corrected chi connectivity index (χ0v) is 37.0. The van der Waals surface area contributed by atoms with Crippen LogP contribution < -0.4 is 36.6 Å². The molecule has 0 spiro atoms. The van der Waals surface area contributed by atoms with Gasteiger partial charge in [-0.2, -0.15) is 0 Å². The molecule has 7 amide bonds. The van der Waals surface area contributed by atoms with Crippen molar-refractivity contribution in [2.24, 2.45) is 0 Å². The summed E-state index contributed by atoms with van der Waals surface area (Å²) in [5.41, 5.74) is 2.43. The van der Waals surface area contributed by atoms with E-state index in [1.807, 2.05) is 0 Å². The van der Waals surface area contributed by atoms with Crippen LogP contribution in [0.15, 0.2) is 85.5 Å². The van der Waals surface area contributed by atoms with Gasteiger partial charge in [-0.15, -0.1) is 0 Å². The summed E-state index contributed by atoms with van der Waals surface area (Å²) in [7, 11) is 1.49. The molecule has 0 bridgehead atoms. The number of methoxy groups -OCH3 is 1. The molecule has 360 valence electrons. The lowest BCUT2D eigenvalue weighted by Gasteiger charge is -2.43. The van der Waals surface area contributed by atoms with Gasteiger partial charge in [0.25, 0.3) is 11.8 Å². The van der Waals surface area contributed by atoms with Gasteiger partial charge in [0.15, 0.2) is 17.7 Å². The Hall–Kier alpha value is -7.80. The second kappa shape index (κ2) is 22.6. The summed E-state index contributed by atoms with van der Waals surface area (Å²) in [6.07, 6.45) is -2.31. The first-order valence-corrected chi connectivity index (χ1v) is 21.1. The van der Waals surface area contributed by atoms with Crippen molar-refractivity contribution in [2.75, 3.05) is 30.9 Å². The molecular formula is C44H51N11O13. The van der Waals surface area contributed by atoms with Gasteiger partial charge in [-0.1, -0.05) is 30.8 Å². The van der Waals surface area contributed by atoms with Crippen LogP contribution in [0.3, 0.4) is 0 Å². The van der Waals surface area contributed by atoms with Crippen molar-refractivity contribution in [1.82, 2.24) is 46.1 Å². The van der Waals surface area contributed by atoms with E-state index in [2.05, 4.69) is 58.4 Å².